The van der Waals surface area contributed by atoms with Crippen molar-refractivity contribution in [3.05, 3.63) is 46.9 Å². The van der Waals surface area contributed by atoms with Crippen molar-refractivity contribution in [1.29, 1.82) is 0 Å². The summed E-state index contributed by atoms with van der Waals surface area (Å²) in [5.41, 5.74) is 2.35. The van der Waals surface area contributed by atoms with Crippen LogP contribution in [0.15, 0.2) is 41.1 Å². The number of nitrogens with one attached hydrogen (secondary N) is 2. The Morgan fingerprint density at radius 3 is 2.80 bits per heavy atom. The Balaban J connectivity index is 1.57. The summed E-state index contributed by atoms with van der Waals surface area (Å²) in [7, 11) is 1.64. The number of rotatable bonds is 7. The fourth-order valence-corrected chi connectivity index (χ4v) is 3.75. The summed E-state index contributed by atoms with van der Waals surface area (Å²) in [5, 5.41) is 7.55. The molecule has 2 heterocycles. The van der Waals surface area contributed by atoms with E-state index in [0.717, 1.165) is 67.4 Å². The maximum atomic E-state index is 13.5. The number of morpholine rings is 1. The Hall–Kier alpha value is -2.49. The summed E-state index contributed by atoms with van der Waals surface area (Å²) in [4.78, 5) is 11.1. The molecule has 0 saturated carbocycles. The van der Waals surface area contributed by atoms with Gasteiger partial charge in [-0.1, -0.05) is 0 Å². The van der Waals surface area contributed by atoms with E-state index < -0.39 is 0 Å². The number of benzene rings is 2. The minimum absolute atomic E-state index is 0.315. The fourth-order valence-electron chi connectivity index (χ4n) is 3.37. The minimum Gasteiger partial charge on any atom is -0.495 e. The minimum atomic E-state index is -0.315. The van der Waals surface area contributed by atoms with E-state index in [1.54, 1.807) is 19.2 Å². The van der Waals surface area contributed by atoms with Gasteiger partial charge in [0.1, 0.15) is 23.7 Å². The summed E-state index contributed by atoms with van der Waals surface area (Å²) >= 11 is 3.21. The molecular weight excluding hydrogens is 453 g/mol. The van der Waals surface area contributed by atoms with Crippen LogP contribution < -0.4 is 15.4 Å². The standard InChI is InChI=1S/C21H23BrFN5O2/c1-29-20-12-18-15(11-19(20)24-4-5-28-6-8-30-9-7-28)21(26-13-25-18)27-14-2-3-17(23)16(22)10-14/h2-3,10-13,24H,4-9H2,1H3,(H,25,26,27). The number of methoxy groups -OCH3 is 1. The lowest BCUT2D eigenvalue weighted by atomic mass is 10.2. The van der Waals surface area contributed by atoms with E-state index in [0.29, 0.717) is 10.3 Å². The van der Waals surface area contributed by atoms with Gasteiger partial charge in [-0.25, -0.2) is 14.4 Å². The van der Waals surface area contributed by atoms with Gasteiger partial charge < -0.3 is 20.1 Å². The van der Waals surface area contributed by atoms with Crippen molar-refractivity contribution in [1.82, 2.24) is 14.9 Å². The molecule has 1 saturated heterocycles. The molecule has 1 aromatic heterocycles. The maximum absolute atomic E-state index is 13.5. The highest BCUT2D eigenvalue weighted by atomic mass is 79.9. The molecule has 0 amide bonds. The van der Waals surface area contributed by atoms with E-state index in [-0.39, 0.29) is 5.82 Å². The second kappa shape index (κ2) is 9.55. The summed E-state index contributed by atoms with van der Waals surface area (Å²) in [6.07, 6.45) is 1.49. The highest BCUT2D eigenvalue weighted by Gasteiger charge is 2.13. The number of ether oxygens (including phenoxy) is 2. The Morgan fingerprint density at radius 1 is 1.20 bits per heavy atom. The van der Waals surface area contributed by atoms with Crippen LogP contribution in [0.2, 0.25) is 0 Å². The van der Waals surface area contributed by atoms with Gasteiger partial charge in [0.25, 0.3) is 0 Å². The maximum Gasteiger partial charge on any atom is 0.144 e. The van der Waals surface area contributed by atoms with Crippen LogP contribution in [0.25, 0.3) is 10.9 Å². The zero-order chi connectivity index (χ0) is 20.9. The van der Waals surface area contributed by atoms with E-state index in [1.807, 2.05) is 12.1 Å². The second-order valence-electron chi connectivity index (χ2n) is 6.93. The number of aromatic nitrogens is 2. The highest BCUT2D eigenvalue weighted by Crippen LogP contribution is 2.33. The Kier molecular flexibility index (Phi) is 6.61. The van der Waals surface area contributed by atoms with Crippen LogP contribution in [0, 0.1) is 5.82 Å². The quantitative estimate of drug-likeness (QED) is 0.534. The topological polar surface area (TPSA) is 71.5 Å². The normalized spacial score (nSPS) is 14.6. The zero-order valence-corrected chi connectivity index (χ0v) is 18.2. The average Bonchev–Trinajstić information content (AvgIpc) is 2.77. The predicted octanol–water partition coefficient (Wildman–Crippen LogP) is 4.03. The van der Waals surface area contributed by atoms with Gasteiger partial charge in [0, 0.05) is 43.3 Å². The Bertz CT molecular complexity index is 1030. The van der Waals surface area contributed by atoms with Gasteiger partial charge in [-0.3, -0.25) is 4.90 Å². The van der Waals surface area contributed by atoms with E-state index in [2.05, 4.69) is 41.4 Å². The molecule has 0 unspecified atom stereocenters. The van der Waals surface area contributed by atoms with E-state index in [4.69, 9.17) is 9.47 Å². The molecule has 2 aromatic carbocycles. The first kappa shape index (κ1) is 20.8. The van der Waals surface area contributed by atoms with Crippen molar-refractivity contribution < 1.29 is 13.9 Å². The largest absolute Gasteiger partial charge is 0.495 e. The zero-order valence-electron chi connectivity index (χ0n) is 16.6. The lowest BCUT2D eigenvalue weighted by Crippen LogP contribution is -2.39. The lowest BCUT2D eigenvalue weighted by molar-refractivity contribution is 0.0398. The molecule has 1 fully saturated rings. The third-order valence-corrected chi connectivity index (χ3v) is 5.59. The molecule has 4 rings (SSSR count). The van der Waals surface area contributed by atoms with Crippen LogP contribution in [0.5, 0.6) is 5.75 Å². The van der Waals surface area contributed by atoms with Gasteiger partial charge in [0.05, 0.1) is 36.0 Å². The summed E-state index contributed by atoms with van der Waals surface area (Å²) < 4.78 is 24.9. The van der Waals surface area contributed by atoms with Gasteiger partial charge in [-0.15, -0.1) is 0 Å². The molecule has 158 valence electrons. The van der Waals surface area contributed by atoms with Crippen LogP contribution in [0.4, 0.5) is 21.6 Å². The summed E-state index contributed by atoms with van der Waals surface area (Å²) in [6, 6.07) is 8.61. The predicted molar refractivity (Wildman–Crippen MR) is 119 cm³/mol. The van der Waals surface area contributed by atoms with Crippen LogP contribution >= 0.6 is 15.9 Å². The smallest absolute Gasteiger partial charge is 0.144 e. The molecule has 3 aromatic rings. The first-order valence-corrected chi connectivity index (χ1v) is 10.5. The van der Waals surface area contributed by atoms with Gasteiger partial charge in [0.15, 0.2) is 0 Å². The molecule has 9 heteroatoms. The molecule has 1 aliphatic heterocycles. The van der Waals surface area contributed by atoms with Gasteiger partial charge in [0.2, 0.25) is 0 Å². The number of halogens is 2. The molecule has 0 atom stereocenters. The highest BCUT2D eigenvalue weighted by molar-refractivity contribution is 9.10. The molecule has 7 nitrogen and oxygen atoms in total. The molecular formula is C21H23BrFN5O2. The molecule has 0 bridgehead atoms. The van der Waals surface area contributed by atoms with Crippen molar-refractivity contribution >= 4 is 44.0 Å². The van der Waals surface area contributed by atoms with Crippen LogP contribution in [0.3, 0.4) is 0 Å². The van der Waals surface area contributed by atoms with Gasteiger partial charge in [-0.2, -0.15) is 0 Å². The van der Waals surface area contributed by atoms with Crippen LogP contribution in [-0.4, -0.2) is 61.4 Å². The van der Waals surface area contributed by atoms with Crippen molar-refractivity contribution in [3.8, 4) is 5.75 Å². The third kappa shape index (κ3) is 4.80. The molecule has 0 spiro atoms. The fraction of sp³-hybridized carbons (Fsp3) is 0.333. The number of anilines is 3. The van der Waals surface area contributed by atoms with E-state index in [9.17, 15) is 4.39 Å². The van der Waals surface area contributed by atoms with Crippen molar-refractivity contribution in [2.24, 2.45) is 0 Å². The summed E-state index contributed by atoms with van der Waals surface area (Å²) in [5.74, 6) is 1.04. The first-order chi connectivity index (χ1) is 14.6. The summed E-state index contributed by atoms with van der Waals surface area (Å²) in [6.45, 7) is 5.17. The molecule has 30 heavy (non-hydrogen) atoms. The van der Waals surface area contributed by atoms with Crippen molar-refractivity contribution in [3.63, 3.8) is 0 Å². The van der Waals surface area contributed by atoms with Crippen LogP contribution in [0.1, 0.15) is 0 Å². The monoisotopic (exact) mass is 475 g/mol. The lowest BCUT2D eigenvalue weighted by Gasteiger charge is -2.26. The molecule has 1 aliphatic rings. The number of fused-ring (bicyclic) bond motifs is 1. The van der Waals surface area contributed by atoms with Crippen LogP contribution in [-0.2, 0) is 4.74 Å². The SMILES string of the molecule is COc1cc2ncnc(Nc3ccc(F)c(Br)c3)c2cc1NCCN1CCOCC1. The van der Waals surface area contributed by atoms with Gasteiger partial charge in [-0.05, 0) is 40.2 Å². The molecule has 0 radical (unpaired) electrons. The second-order valence-corrected chi connectivity index (χ2v) is 7.78. The Morgan fingerprint density at radius 2 is 2.03 bits per heavy atom. The van der Waals surface area contributed by atoms with Gasteiger partial charge >= 0.3 is 0 Å². The van der Waals surface area contributed by atoms with Crippen molar-refractivity contribution in [2.45, 2.75) is 0 Å². The van der Waals surface area contributed by atoms with Crippen molar-refractivity contribution in [2.75, 3.05) is 57.1 Å². The average molecular weight is 476 g/mol. The van der Waals surface area contributed by atoms with E-state index >= 15 is 0 Å². The number of hydrogen-bond acceptors (Lipinski definition) is 7. The molecule has 0 aliphatic carbocycles. The third-order valence-electron chi connectivity index (χ3n) is 4.99. The number of nitrogens with zero attached hydrogens (tertiary/aromatic N) is 3. The van der Waals surface area contributed by atoms with E-state index in [1.165, 1.54) is 12.4 Å². The first-order valence-electron chi connectivity index (χ1n) is 9.73. The number of hydrogen-bond donors (Lipinski definition) is 2. The Labute approximate surface area is 182 Å². The molecule has 2 N–H and O–H groups in total.